The molecule has 0 aliphatic carbocycles. The maximum absolute atomic E-state index is 14.7. The monoisotopic (exact) mass is 870 g/mol. The van der Waals surface area contributed by atoms with Gasteiger partial charge in [0, 0.05) is 74.3 Å². The van der Waals surface area contributed by atoms with Crippen LogP contribution >= 0.6 is 0 Å². The molecular formula is C51H62N6O7. The van der Waals surface area contributed by atoms with Gasteiger partial charge in [0.2, 0.25) is 11.8 Å². The van der Waals surface area contributed by atoms with Crippen LogP contribution in [0.4, 0.5) is 0 Å². The highest BCUT2D eigenvalue weighted by molar-refractivity contribution is 6.01. The van der Waals surface area contributed by atoms with Gasteiger partial charge in [0.05, 0.1) is 12.1 Å². The Hall–Kier alpha value is -6.20. The van der Waals surface area contributed by atoms with Crippen LogP contribution in [0.5, 0.6) is 11.5 Å². The fraction of sp³-hybridized carbons (Fsp3) is 0.412. The molecule has 338 valence electrons. The number of hydrogen-bond donors (Lipinski definition) is 4. The summed E-state index contributed by atoms with van der Waals surface area (Å²) in [5.41, 5.74) is 24.5. The van der Waals surface area contributed by atoms with E-state index in [0.717, 1.165) is 16.7 Å². The molecule has 4 atom stereocenters. The van der Waals surface area contributed by atoms with Gasteiger partial charge >= 0.3 is 0 Å². The molecule has 0 spiro atoms. The minimum absolute atomic E-state index is 0.0246. The van der Waals surface area contributed by atoms with Crippen molar-refractivity contribution < 1.29 is 33.4 Å². The van der Waals surface area contributed by atoms with Gasteiger partial charge in [-0.15, -0.1) is 0 Å². The van der Waals surface area contributed by atoms with Gasteiger partial charge in [0.1, 0.15) is 30.8 Å². The Kier molecular flexibility index (Phi) is 17.5. The normalized spacial score (nSPS) is 16.8. The summed E-state index contributed by atoms with van der Waals surface area (Å²) in [5.74, 6) is -2.47. The standard InChI is InChI=1S/C51H62N6O7/c1-31(2)35-9-11-36(12-10-35)37-13-15-40(32(3)25-37)45(59)30-39(18-20-53)51(62)57(5)49-38-14-17-48(64-24-22-55)42(29-38)41-27-34(8-16-47(41)63-23-21-54)28-43(44(58)7-6-19-52)56-50(61)33(4)26-46(49)60/h8-17,25,27,29,31,33,39,43,49H,6-7,18,20-24,26,28,30,53-55H2,1-5H3,(H,56,61)/t33-,39-,43+,49+/m1/s1. The number of Topliss-reactive ketones (excluding diaryl/α,β-unsaturated/α-hetero) is 3. The first kappa shape index (κ1) is 48.8. The van der Waals surface area contributed by atoms with Crippen LogP contribution in [-0.2, 0) is 25.6 Å². The van der Waals surface area contributed by atoms with Crippen molar-refractivity contribution in [1.82, 2.24) is 10.2 Å². The Morgan fingerprint density at radius 3 is 2.09 bits per heavy atom. The van der Waals surface area contributed by atoms with Gasteiger partial charge < -0.3 is 36.9 Å². The number of carbonyl (C=O) groups excluding carboxylic acids is 5. The van der Waals surface area contributed by atoms with Crippen molar-refractivity contribution in [2.24, 2.45) is 29.0 Å². The fourth-order valence-corrected chi connectivity index (χ4v) is 8.19. The van der Waals surface area contributed by atoms with E-state index in [1.807, 2.05) is 31.2 Å². The molecule has 13 nitrogen and oxygen atoms in total. The average Bonchev–Trinajstić information content (AvgIpc) is 3.28. The molecule has 4 aromatic rings. The van der Waals surface area contributed by atoms with E-state index in [0.29, 0.717) is 45.2 Å². The number of amides is 2. The molecule has 0 saturated carbocycles. The molecule has 1 heterocycles. The molecule has 2 amide bonds. The smallest absolute Gasteiger partial charge is 0.226 e. The van der Waals surface area contributed by atoms with Gasteiger partial charge in [-0.2, -0.15) is 5.26 Å². The number of carbonyl (C=O) groups is 5. The van der Waals surface area contributed by atoms with Crippen LogP contribution in [0, 0.1) is 30.1 Å². The first-order valence-electron chi connectivity index (χ1n) is 22.1. The molecule has 1 aliphatic rings. The number of likely N-dealkylation sites (N-methyl/N-ethyl adjacent to an activating group) is 1. The van der Waals surface area contributed by atoms with Crippen LogP contribution < -0.4 is 32.0 Å². The van der Waals surface area contributed by atoms with Gasteiger partial charge in [-0.05, 0) is 89.9 Å². The Morgan fingerprint density at radius 2 is 1.48 bits per heavy atom. The second-order valence-corrected chi connectivity index (χ2v) is 16.9. The summed E-state index contributed by atoms with van der Waals surface area (Å²) in [4.78, 5) is 72.1. The fourth-order valence-electron chi connectivity index (χ4n) is 8.19. The van der Waals surface area contributed by atoms with Gasteiger partial charge in [-0.25, -0.2) is 0 Å². The number of benzene rings is 4. The molecule has 4 aromatic carbocycles. The van der Waals surface area contributed by atoms with Crippen molar-refractivity contribution in [2.75, 3.05) is 39.9 Å². The molecule has 0 unspecified atom stereocenters. The lowest BCUT2D eigenvalue weighted by molar-refractivity contribution is -0.142. The topological polar surface area (TPSA) is 221 Å². The second-order valence-electron chi connectivity index (χ2n) is 16.9. The minimum Gasteiger partial charge on any atom is -0.492 e. The van der Waals surface area contributed by atoms with E-state index in [1.54, 1.807) is 43.3 Å². The van der Waals surface area contributed by atoms with Crippen molar-refractivity contribution in [3.8, 4) is 39.8 Å². The van der Waals surface area contributed by atoms with Crippen molar-refractivity contribution in [2.45, 2.75) is 84.2 Å². The van der Waals surface area contributed by atoms with E-state index in [-0.39, 0.29) is 82.9 Å². The molecule has 0 fully saturated rings. The number of ketones is 3. The third kappa shape index (κ3) is 12.1. The predicted octanol–water partition coefficient (Wildman–Crippen LogP) is 6.37. The van der Waals surface area contributed by atoms with Crippen molar-refractivity contribution in [3.05, 3.63) is 107 Å². The SMILES string of the molecule is Cc1cc(-c2ccc(C(C)C)cc2)ccc1C(=O)C[C@@H](CCN)C(=O)N(C)[C@@H]1C(=O)C[C@@H](C)C(=O)N[C@H](C(=O)CCC#N)Cc2ccc(OCCN)c(c2)-c2cc1ccc2OCCN. The summed E-state index contributed by atoms with van der Waals surface area (Å²) in [6, 6.07) is 24.4. The van der Waals surface area contributed by atoms with Crippen LogP contribution in [0.15, 0.2) is 78.9 Å². The number of rotatable bonds is 18. The molecule has 13 heteroatoms. The van der Waals surface area contributed by atoms with Crippen molar-refractivity contribution in [1.29, 1.82) is 5.26 Å². The summed E-state index contributed by atoms with van der Waals surface area (Å²) in [6.45, 7) is 8.68. The van der Waals surface area contributed by atoms with E-state index in [1.165, 1.54) is 17.5 Å². The zero-order valence-electron chi connectivity index (χ0n) is 37.7. The van der Waals surface area contributed by atoms with E-state index < -0.39 is 41.5 Å². The first-order valence-corrected chi connectivity index (χ1v) is 22.1. The zero-order chi connectivity index (χ0) is 46.5. The Morgan fingerprint density at radius 1 is 0.844 bits per heavy atom. The number of nitriles is 1. The Labute approximate surface area is 376 Å². The maximum atomic E-state index is 14.7. The number of nitrogens with two attached hydrogens (primary N) is 3. The number of fused-ring (bicyclic) bond motifs is 5. The summed E-state index contributed by atoms with van der Waals surface area (Å²) < 4.78 is 12.3. The van der Waals surface area contributed by atoms with Crippen LogP contribution in [0.25, 0.3) is 22.3 Å². The number of nitrogens with zero attached hydrogens (tertiary/aromatic N) is 2. The molecule has 4 bridgehead atoms. The largest absolute Gasteiger partial charge is 0.492 e. The molecule has 7 N–H and O–H groups in total. The highest BCUT2D eigenvalue weighted by Crippen LogP contribution is 2.41. The van der Waals surface area contributed by atoms with Crippen LogP contribution in [0.3, 0.4) is 0 Å². The summed E-state index contributed by atoms with van der Waals surface area (Å²) in [7, 11) is 1.52. The summed E-state index contributed by atoms with van der Waals surface area (Å²) >= 11 is 0. The summed E-state index contributed by atoms with van der Waals surface area (Å²) in [5, 5.41) is 12.1. The zero-order valence-corrected chi connectivity index (χ0v) is 37.7. The maximum Gasteiger partial charge on any atom is 0.226 e. The van der Waals surface area contributed by atoms with E-state index in [4.69, 9.17) is 26.7 Å². The third-order valence-corrected chi connectivity index (χ3v) is 11.8. The lowest BCUT2D eigenvalue weighted by Gasteiger charge is -2.32. The van der Waals surface area contributed by atoms with Crippen molar-refractivity contribution in [3.63, 3.8) is 0 Å². The van der Waals surface area contributed by atoms with Crippen molar-refractivity contribution >= 4 is 29.2 Å². The molecule has 0 aromatic heterocycles. The van der Waals surface area contributed by atoms with E-state index in [9.17, 15) is 29.2 Å². The van der Waals surface area contributed by atoms with Crippen LogP contribution in [-0.4, -0.2) is 80.0 Å². The molecule has 64 heavy (non-hydrogen) atoms. The molecule has 1 aliphatic heterocycles. The van der Waals surface area contributed by atoms with Crippen LogP contribution in [0.2, 0.25) is 0 Å². The quantitative estimate of drug-likeness (QED) is 0.0805. The highest BCUT2D eigenvalue weighted by atomic mass is 16.5. The number of hydrogen-bond acceptors (Lipinski definition) is 11. The van der Waals surface area contributed by atoms with Gasteiger partial charge in [0.25, 0.3) is 0 Å². The van der Waals surface area contributed by atoms with Gasteiger partial charge in [-0.3, -0.25) is 24.0 Å². The molecular weight excluding hydrogens is 809 g/mol. The lowest BCUT2D eigenvalue weighted by Crippen LogP contribution is -2.46. The Balaban J connectivity index is 1.56. The average molecular weight is 871 g/mol. The van der Waals surface area contributed by atoms with E-state index >= 15 is 0 Å². The first-order chi connectivity index (χ1) is 30.7. The molecule has 0 radical (unpaired) electrons. The minimum atomic E-state index is -1.21. The van der Waals surface area contributed by atoms with Gasteiger partial charge in [0.15, 0.2) is 17.3 Å². The number of aryl methyl sites for hydroxylation is 1. The Bertz CT molecular complexity index is 2350. The number of ether oxygens (including phenoxy) is 2. The number of nitrogens with one attached hydrogen (secondary N) is 1. The lowest BCUT2D eigenvalue weighted by atomic mass is 9.87. The van der Waals surface area contributed by atoms with Gasteiger partial charge in [-0.1, -0.05) is 75.4 Å². The highest BCUT2D eigenvalue weighted by Gasteiger charge is 2.36. The predicted molar refractivity (Wildman–Crippen MR) is 248 cm³/mol. The molecule has 0 saturated heterocycles. The third-order valence-electron chi connectivity index (χ3n) is 11.8. The van der Waals surface area contributed by atoms with E-state index in [2.05, 4.69) is 43.4 Å². The molecule has 5 rings (SSSR count). The van der Waals surface area contributed by atoms with Crippen LogP contribution in [0.1, 0.15) is 97.4 Å². The summed E-state index contributed by atoms with van der Waals surface area (Å²) in [6.07, 6.45) is -0.231. The second kappa shape index (κ2) is 22.9.